The zero-order valence-corrected chi connectivity index (χ0v) is 20.1. The predicted molar refractivity (Wildman–Crippen MR) is 130 cm³/mol. The molecule has 8 heteroatoms. The maximum atomic E-state index is 12.4. The van der Waals surface area contributed by atoms with Crippen LogP contribution in [0.25, 0.3) is 0 Å². The van der Waals surface area contributed by atoms with E-state index < -0.39 is 0 Å². The summed E-state index contributed by atoms with van der Waals surface area (Å²) in [7, 11) is 0. The lowest BCUT2D eigenvalue weighted by atomic mass is 10.2. The van der Waals surface area contributed by atoms with Crippen LogP contribution in [0.15, 0.2) is 54.6 Å². The molecule has 1 N–H and O–H groups in total. The van der Waals surface area contributed by atoms with Gasteiger partial charge in [-0.1, -0.05) is 30.3 Å². The number of para-hydroxylation sites is 1. The molecule has 1 atom stereocenters. The van der Waals surface area contributed by atoms with Crippen molar-refractivity contribution in [1.29, 1.82) is 0 Å². The van der Waals surface area contributed by atoms with Crippen LogP contribution in [0, 0.1) is 0 Å². The van der Waals surface area contributed by atoms with Gasteiger partial charge in [0.1, 0.15) is 17.3 Å². The molecule has 0 aliphatic carbocycles. The Bertz CT molecular complexity index is 1070. The summed E-state index contributed by atoms with van der Waals surface area (Å²) in [5.74, 6) is 3.12. The van der Waals surface area contributed by atoms with Crippen LogP contribution in [0.1, 0.15) is 44.0 Å². The highest BCUT2D eigenvalue weighted by atomic mass is 16.5. The van der Waals surface area contributed by atoms with Gasteiger partial charge in [-0.15, -0.1) is 10.2 Å². The van der Waals surface area contributed by atoms with E-state index in [1.165, 1.54) is 5.56 Å². The molecule has 0 fully saturated rings. The summed E-state index contributed by atoms with van der Waals surface area (Å²) in [6.45, 7) is 9.41. The van der Waals surface area contributed by atoms with Gasteiger partial charge in [0, 0.05) is 32.6 Å². The molecule has 0 bridgehead atoms. The molecule has 1 aliphatic rings. The van der Waals surface area contributed by atoms with E-state index in [1.807, 2.05) is 63.2 Å². The van der Waals surface area contributed by atoms with Crippen LogP contribution in [-0.2, 0) is 24.3 Å². The molecule has 1 aromatic heterocycles. The molecule has 2 aromatic carbocycles. The van der Waals surface area contributed by atoms with Gasteiger partial charge >= 0.3 is 0 Å². The Morgan fingerprint density at radius 1 is 0.971 bits per heavy atom. The lowest BCUT2D eigenvalue weighted by Gasteiger charge is -2.20. The molecule has 0 unspecified atom stereocenters. The molecule has 3 aromatic rings. The lowest BCUT2D eigenvalue weighted by molar-refractivity contribution is -0.123. The Labute approximate surface area is 200 Å². The van der Waals surface area contributed by atoms with Gasteiger partial charge in [-0.2, -0.15) is 0 Å². The van der Waals surface area contributed by atoms with Gasteiger partial charge in [0.2, 0.25) is 0 Å². The minimum absolute atomic E-state index is 0.0376. The summed E-state index contributed by atoms with van der Waals surface area (Å²) < 4.78 is 13.4. The van der Waals surface area contributed by atoms with Crippen molar-refractivity contribution in [1.82, 2.24) is 25.0 Å². The van der Waals surface area contributed by atoms with Crippen LogP contribution >= 0.6 is 0 Å². The average Bonchev–Trinajstić information content (AvgIpc) is 3.14. The highest BCUT2D eigenvalue weighted by Gasteiger charge is 2.23. The van der Waals surface area contributed by atoms with E-state index in [-0.39, 0.29) is 24.7 Å². The number of ether oxygens (including phenoxy) is 2. The number of rotatable bonds is 9. The van der Waals surface area contributed by atoms with E-state index in [0.717, 1.165) is 50.0 Å². The van der Waals surface area contributed by atoms with Crippen LogP contribution in [0.3, 0.4) is 0 Å². The molecule has 34 heavy (non-hydrogen) atoms. The monoisotopic (exact) mass is 463 g/mol. The second-order valence-electron chi connectivity index (χ2n) is 8.85. The minimum Gasteiger partial charge on any atom is -0.491 e. The Morgan fingerprint density at radius 2 is 1.74 bits per heavy atom. The second-order valence-corrected chi connectivity index (χ2v) is 8.85. The van der Waals surface area contributed by atoms with E-state index >= 15 is 0 Å². The van der Waals surface area contributed by atoms with Gasteiger partial charge in [0.25, 0.3) is 5.91 Å². The largest absolute Gasteiger partial charge is 0.491 e. The Hall–Kier alpha value is -3.39. The average molecular weight is 464 g/mol. The Kier molecular flexibility index (Phi) is 7.80. The quantitative estimate of drug-likeness (QED) is 0.524. The molecule has 4 rings (SSSR count). The summed E-state index contributed by atoms with van der Waals surface area (Å²) in [4.78, 5) is 14.8. The van der Waals surface area contributed by atoms with Crippen molar-refractivity contribution in [3.8, 4) is 11.5 Å². The molecule has 0 radical (unpaired) electrons. The molecule has 1 aliphatic heterocycles. The lowest BCUT2D eigenvalue weighted by Crippen LogP contribution is -2.33. The molecule has 0 saturated heterocycles. The normalized spacial score (nSPS) is 14.8. The first kappa shape index (κ1) is 23.8. The fraction of sp³-hybridized carbons (Fsp3) is 0.423. The Morgan fingerprint density at radius 3 is 2.47 bits per heavy atom. The van der Waals surface area contributed by atoms with E-state index in [0.29, 0.717) is 5.75 Å². The van der Waals surface area contributed by atoms with E-state index in [9.17, 15) is 4.79 Å². The maximum Gasteiger partial charge on any atom is 0.258 e. The molecule has 0 spiro atoms. The highest BCUT2D eigenvalue weighted by Crippen LogP contribution is 2.19. The number of hydrogen-bond donors (Lipinski definition) is 1. The SMILES string of the molecule is CC(C)Oc1ccc(CN2CCc3nnc([C@@H](C)NC(=O)COc4ccccc4)n3CC2)cc1. The molecular formula is C26H33N5O3. The first-order valence-electron chi connectivity index (χ1n) is 11.8. The summed E-state index contributed by atoms with van der Waals surface area (Å²) >= 11 is 0. The topological polar surface area (TPSA) is 81.5 Å². The first-order chi connectivity index (χ1) is 16.5. The van der Waals surface area contributed by atoms with Gasteiger partial charge in [-0.3, -0.25) is 9.69 Å². The summed E-state index contributed by atoms with van der Waals surface area (Å²) in [5.41, 5.74) is 1.26. The van der Waals surface area contributed by atoms with Gasteiger partial charge in [0.15, 0.2) is 12.4 Å². The number of hydrogen-bond acceptors (Lipinski definition) is 6. The number of benzene rings is 2. The molecule has 2 heterocycles. The van der Waals surface area contributed by atoms with Gasteiger partial charge < -0.3 is 19.4 Å². The van der Waals surface area contributed by atoms with Crippen LogP contribution in [-0.4, -0.2) is 51.4 Å². The second kappa shape index (κ2) is 11.2. The van der Waals surface area contributed by atoms with Crippen molar-refractivity contribution >= 4 is 5.91 Å². The number of amides is 1. The van der Waals surface area contributed by atoms with Gasteiger partial charge in [-0.25, -0.2) is 0 Å². The molecule has 0 saturated carbocycles. The highest BCUT2D eigenvalue weighted by molar-refractivity contribution is 5.77. The van der Waals surface area contributed by atoms with Gasteiger partial charge in [0.05, 0.1) is 12.1 Å². The zero-order chi connectivity index (χ0) is 23.9. The molecule has 180 valence electrons. The fourth-order valence-corrected chi connectivity index (χ4v) is 4.08. The first-order valence-corrected chi connectivity index (χ1v) is 11.8. The van der Waals surface area contributed by atoms with E-state index in [1.54, 1.807) is 0 Å². The third kappa shape index (κ3) is 6.35. The molecule has 8 nitrogen and oxygen atoms in total. The van der Waals surface area contributed by atoms with Crippen LogP contribution in [0.4, 0.5) is 0 Å². The fourth-order valence-electron chi connectivity index (χ4n) is 4.08. The number of carbonyl (C=O) groups excluding carboxylic acids is 1. The predicted octanol–water partition coefficient (Wildman–Crippen LogP) is 3.38. The number of aromatic nitrogens is 3. The number of carbonyl (C=O) groups is 1. The van der Waals surface area contributed by atoms with Crippen molar-refractivity contribution in [2.24, 2.45) is 0 Å². The maximum absolute atomic E-state index is 12.4. The number of nitrogens with one attached hydrogen (secondary N) is 1. The van der Waals surface area contributed by atoms with Crippen molar-refractivity contribution in [3.63, 3.8) is 0 Å². The van der Waals surface area contributed by atoms with Crippen molar-refractivity contribution < 1.29 is 14.3 Å². The third-order valence-electron chi connectivity index (χ3n) is 5.73. The smallest absolute Gasteiger partial charge is 0.258 e. The van der Waals surface area contributed by atoms with Crippen LogP contribution in [0.5, 0.6) is 11.5 Å². The third-order valence-corrected chi connectivity index (χ3v) is 5.73. The van der Waals surface area contributed by atoms with Crippen molar-refractivity contribution in [2.45, 2.75) is 52.4 Å². The van der Waals surface area contributed by atoms with Crippen LogP contribution in [0.2, 0.25) is 0 Å². The Balaban J connectivity index is 1.30. The number of nitrogens with zero attached hydrogens (tertiary/aromatic N) is 4. The molecule has 1 amide bonds. The number of fused-ring (bicyclic) bond motifs is 1. The van der Waals surface area contributed by atoms with E-state index in [4.69, 9.17) is 9.47 Å². The van der Waals surface area contributed by atoms with Crippen molar-refractivity contribution in [3.05, 3.63) is 71.8 Å². The van der Waals surface area contributed by atoms with Crippen molar-refractivity contribution in [2.75, 3.05) is 19.7 Å². The summed E-state index contributed by atoms with van der Waals surface area (Å²) in [6, 6.07) is 17.4. The zero-order valence-electron chi connectivity index (χ0n) is 20.1. The standard InChI is InChI=1S/C26H33N5O3/c1-19(2)34-23-11-9-21(10-12-23)17-30-14-13-24-28-29-26(31(24)16-15-30)20(3)27-25(32)18-33-22-7-5-4-6-8-22/h4-12,19-20H,13-18H2,1-3H3,(H,27,32)/t20-/m1/s1. The van der Waals surface area contributed by atoms with Gasteiger partial charge in [-0.05, 0) is 50.6 Å². The van der Waals surface area contributed by atoms with Crippen LogP contribution < -0.4 is 14.8 Å². The summed E-state index contributed by atoms with van der Waals surface area (Å²) in [6.07, 6.45) is 0.990. The summed E-state index contributed by atoms with van der Waals surface area (Å²) in [5, 5.41) is 11.8. The molecular weight excluding hydrogens is 430 g/mol. The van der Waals surface area contributed by atoms with E-state index in [2.05, 4.69) is 37.1 Å². The minimum atomic E-state index is -0.256.